The molecule has 1 saturated heterocycles. The summed E-state index contributed by atoms with van der Waals surface area (Å²) in [5.41, 5.74) is 5.20. The number of nitrogens with one attached hydrogen (secondary N) is 2. The zero-order valence-electron chi connectivity index (χ0n) is 12.5. The number of β-amino-alcohol motifs (C(OH)–C–C–N with tert-alkyl or cyclic N) is 1. The molecule has 1 aliphatic rings. The standard InChI is InChI=1S/C16H21N3O2S/c1-10-15(22-9-19-10)12-4-2-11(3-5-12)7-18-16(21)14-6-13(20)8-17-14/h2-5,9,13-14,16-18,20-21H,6-8H2,1H3/t13-,14+,16?/m1/s1. The minimum Gasteiger partial charge on any atom is -0.392 e. The van der Waals surface area contributed by atoms with E-state index in [0.29, 0.717) is 19.5 Å². The van der Waals surface area contributed by atoms with E-state index in [4.69, 9.17) is 0 Å². The van der Waals surface area contributed by atoms with Gasteiger partial charge in [-0.25, -0.2) is 4.98 Å². The highest BCUT2D eigenvalue weighted by Crippen LogP contribution is 2.27. The predicted octanol–water partition coefficient (Wildman–Crippen LogP) is 1.25. The van der Waals surface area contributed by atoms with Gasteiger partial charge in [0.2, 0.25) is 0 Å². The van der Waals surface area contributed by atoms with Gasteiger partial charge in [-0.1, -0.05) is 24.3 Å². The third-order valence-electron chi connectivity index (χ3n) is 4.00. The van der Waals surface area contributed by atoms with Gasteiger partial charge in [0.15, 0.2) is 0 Å². The highest BCUT2D eigenvalue weighted by Gasteiger charge is 2.27. The molecule has 0 bridgehead atoms. The second-order valence-electron chi connectivity index (χ2n) is 5.69. The SMILES string of the molecule is Cc1ncsc1-c1ccc(CNC(O)[C@@H]2C[C@@H](O)CN2)cc1. The Hall–Kier alpha value is -1.31. The molecule has 1 aromatic carbocycles. The molecule has 3 atom stereocenters. The summed E-state index contributed by atoms with van der Waals surface area (Å²) in [5.74, 6) is 0. The average Bonchev–Trinajstić information content (AvgIpc) is 3.14. The van der Waals surface area contributed by atoms with Crippen molar-refractivity contribution < 1.29 is 10.2 Å². The summed E-state index contributed by atoms with van der Waals surface area (Å²) in [5, 5.41) is 25.8. The van der Waals surface area contributed by atoms with Crippen molar-refractivity contribution in [2.75, 3.05) is 6.54 Å². The first kappa shape index (κ1) is 15.6. The number of benzene rings is 1. The summed E-state index contributed by atoms with van der Waals surface area (Å²) in [6.07, 6.45) is -0.429. The topological polar surface area (TPSA) is 77.4 Å². The Morgan fingerprint density at radius 2 is 2.18 bits per heavy atom. The molecule has 0 spiro atoms. The zero-order chi connectivity index (χ0) is 15.5. The van der Waals surface area contributed by atoms with Crippen molar-refractivity contribution in [1.82, 2.24) is 15.6 Å². The van der Waals surface area contributed by atoms with Crippen LogP contribution in [0.3, 0.4) is 0 Å². The van der Waals surface area contributed by atoms with Gasteiger partial charge in [-0.2, -0.15) is 0 Å². The van der Waals surface area contributed by atoms with E-state index < -0.39 is 6.23 Å². The summed E-state index contributed by atoms with van der Waals surface area (Å²) in [6, 6.07) is 8.20. The number of nitrogens with zero attached hydrogens (tertiary/aromatic N) is 1. The predicted molar refractivity (Wildman–Crippen MR) is 87.5 cm³/mol. The van der Waals surface area contributed by atoms with Gasteiger partial charge in [-0.15, -0.1) is 11.3 Å². The largest absolute Gasteiger partial charge is 0.392 e. The minimum atomic E-state index is -0.652. The van der Waals surface area contributed by atoms with Crippen LogP contribution in [0.25, 0.3) is 10.4 Å². The fraction of sp³-hybridized carbons (Fsp3) is 0.438. The van der Waals surface area contributed by atoms with E-state index in [2.05, 4.69) is 39.9 Å². The van der Waals surface area contributed by atoms with Gasteiger partial charge in [-0.3, -0.25) is 5.32 Å². The first-order chi connectivity index (χ1) is 10.6. The summed E-state index contributed by atoms with van der Waals surface area (Å²) in [4.78, 5) is 5.47. The highest BCUT2D eigenvalue weighted by molar-refractivity contribution is 7.13. The van der Waals surface area contributed by atoms with Crippen LogP contribution in [0.2, 0.25) is 0 Å². The quantitative estimate of drug-likeness (QED) is 0.624. The van der Waals surface area contributed by atoms with Gasteiger partial charge in [-0.05, 0) is 24.5 Å². The fourth-order valence-corrected chi connectivity index (χ4v) is 3.52. The van der Waals surface area contributed by atoms with Crippen LogP contribution < -0.4 is 10.6 Å². The number of aromatic nitrogens is 1. The molecule has 0 amide bonds. The van der Waals surface area contributed by atoms with E-state index in [9.17, 15) is 10.2 Å². The number of hydrogen-bond acceptors (Lipinski definition) is 6. The molecule has 118 valence electrons. The second-order valence-corrected chi connectivity index (χ2v) is 6.55. The van der Waals surface area contributed by atoms with Crippen LogP contribution in [0.5, 0.6) is 0 Å². The van der Waals surface area contributed by atoms with E-state index in [0.717, 1.165) is 11.3 Å². The smallest absolute Gasteiger partial charge is 0.120 e. The Morgan fingerprint density at radius 3 is 2.77 bits per heavy atom. The second kappa shape index (κ2) is 6.85. The van der Waals surface area contributed by atoms with E-state index in [1.807, 2.05) is 12.4 Å². The van der Waals surface area contributed by atoms with Crippen molar-refractivity contribution in [1.29, 1.82) is 0 Å². The molecule has 1 aliphatic heterocycles. The molecular weight excluding hydrogens is 298 g/mol. The molecule has 6 heteroatoms. The van der Waals surface area contributed by atoms with Crippen molar-refractivity contribution in [3.63, 3.8) is 0 Å². The Bertz CT molecular complexity index is 614. The van der Waals surface area contributed by atoms with Crippen LogP contribution >= 0.6 is 11.3 Å². The fourth-order valence-electron chi connectivity index (χ4n) is 2.71. The van der Waals surface area contributed by atoms with E-state index in [1.165, 1.54) is 10.4 Å². The molecule has 1 aromatic heterocycles. The van der Waals surface area contributed by atoms with Crippen LogP contribution in [-0.4, -0.2) is 40.1 Å². The van der Waals surface area contributed by atoms with Crippen molar-refractivity contribution in [2.45, 2.75) is 38.3 Å². The minimum absolute atomic E-state index is 0.0888. The van der Waals surface area contributed by atoms with Gasteiger partial charge in [0.05, 0.1) is 22.2 Å². The lowest BCUT2D eigenvalue weighted by Gasteiger charge is -2.19. The molecule has 3 rings (SSSR count). The molecule has 1 unspecified atom stereocenters. The lowest BCUT2D eigenvalue weighted by Crippen LogP contribution is -2.44. The van der Waals surface area contributed by atoms with Crippen LogP contribution in [-0.2, 0) is 6.54 Å². The maximum absolute atomic E-state index is 10.1. The van der Waals surface area contributed by atoms with Gasteiger partial charge in [0.25, 0.3) is 0 Å². The van der Waals surface area contributed by atoms with Gasteiger partial charge >= 0.3 is 0 Å². The number of thiazole rings is 1. The van der Waals surface area contributed by atoms with E-state index >= 15 is 0 Å². The number of aliphatic hydroxyl groups excluding tert-OH is 2. The molecule has 0 radical (unpaired) electrons. The molecule has 0 aliphatic carbocycles. The monoisotopic (exact) mass is 319 g/mol. The molecule has 4 N–H and O–H groups in total. The van der Waals surface area contributed by atoms with Crippen molar-refractivity contribution in [2.24, 2.45) is 0 Å². The Kier molecular flexibility index (Phi) is 4.85. The molecular formula is C16H21N3O2S. The summed E-state index contributed by atoms with van der Waals surface area (Å²) < 4.78 is 0. The lowest BCUT2D eigenvalue weighted by molar-refractivity contribution is 0.0922. The summed E-state index contributed by atoms with van der Waals surface area (Å²) >= 11 is 1.65. The average molecular weight is 319 g/mol. The normalized spacial score (nSPS) is 22.9. The Balaban J connectivity index is 1.56. The highest BCUT2D eigenvalue weighted by atomic mass is 32.1. The number of rotatable bonds is 5. The Labute approximate surface area is 134 Å². The van der Waals surface area contributed by atoms with Crippen LogP contribution in [0.15, 0.2) is 29.8 Å². The third-order valence-corrected chi connectivity index (χ3v) is 4.98. The molecule has 1 fully saturated rings. The van der Waals surface area contributed by atoms with Crippen molar-refractivity contribution in [3.05, 3.63) is 41.0 Å². The third kappa shape index (κ3) is 3.53. The summed E-state index contributed by atoms with van der Waals surface area (Å²) in [7, 11) is 0. The van der Waals surface area contributed by atoms with E-state index in [1.54, 1.807) is 11.3 Å². The van der Waals surface area contributed by atoms with Crippen molar-refractivity contribution >= 4 is 11.3 Å². The van der Waals surface area contributed by atoms with E-state index in [-0.39, 0.29) is 12.1 Å². The first-order valence-corrected chi connectivity index (χ1v) is 8.34. The van der Waals surface area contributed by atoms with Gasteiger partial charge in [0, 0.05) is 19.1 Å². The zero-order valence-corrected chi connectivity index (χ0v) is 13.3. The lowest BCUT2D eigenvalue weighted by atomic mass is 10.1. The maximum Gasteiger partial charge on any atom is 0.120 e. The number of aliphatic hydroxyl groups is 2. The first-order valence-electron chi connectivity index (χ1n) is 7.46. The van der Waals surface area contributed by atoms with Gasteiger partial charge in [0.1, 0.15) is 6.23 Å². The summed E-state index contributed by atoms with van der Waals surface area (Å²) in [6.45, 7) is 3.16. The molecule has 0 saturated carbocycles. The molecule has 22 heavy (non-hydrogen) atoms. The van der Waals surface area contributed by atoms with Crippen LogP contribution in [0.4, 0.5) is 0 Å². The Morgan fingerprint density at radius 1 is 1.41 bits per heavy atom. The van der Waals surface area contributed by atoms with Crippen molar-refractivity contribution in [3.8, 4) is 10.4 Å². The molecule has 2 heterocycles. The molecule has 2 aromatic rings. The number of hydrogen-bond donors (Lipinski definition) is 4. The van der Waals surface area contributed by atoms with Gasteiger partial charge < -0.3 is 15.5 Å². The molecule has 5 nitrogen and oxygen atoms in total. The number of aryl methyl sites for hydroxylation is 1. The van der Waals surface area contributed by atoms with Crippen LogP contribution in [0.1, 0.15) is 17.7 Å². The van der Waals surface area contributed by atoms with Crippen LogP contribution in [0, 0.1) is 6.92 Å². The maximum atomic E-state index is 10.1.